The summed E-state index contributed by atoms with van der Waals surface area (Å²) in [6.45, 7) is 0.0402. The van der Waals surface area contributed by atoms with Gasteiger partial charge in [0.15, 0.2) is 0 Å². The van der Waals surface area contributed by atoms with Crippen molar-refractivity contribution in [3.63, 3.8) is 0 Å². The lowest BCUT2D eigenvalue weighted by atomic mass is 9.35. The van der Waals surface area contributed by atoms with E-state index < -0.39 is 0 Å². The van der Waals surface area contributed by atoms with Gasteiger partial charge in [-0.05, 0) is 96.9 Å². The Balaban J connectivity index is 1.14. The highest BCUT2D eigenvalue weighted by Gasteiger charge is 2.51. The Kier molecular flexibility index (Phi) is 4.63. The number of para-hydroxylation sites is 1. The second-order valence-electron chi connectivity index (χ2n) is 12.7. The van der Waals surface area contributed by atoms with Crippen LogP contribution in [0.15, 0.2) is 152 Å². The summed E-state index contributed by atoms with van der Waals surface area (Å²) in [4.78, 5) is 0. The van der Waals surface area contributed by atoms with Gasteiger partial charge in [0, 0.05) is 5.46 Å². The number of benzene rings is 7. The zero-order valence-corrected chi connectivity index (χ0v) is 24.8. The van der Waals surface area contributed by atoms with Crippen molar-refractivity contribution in [2.24, 2.45) is 0 Å². The molecule has 2 heterocycles. The molecule has 212 valence electrons. The summed E-state index contributed by atoms with van der Waals surface area (Å²) < 4.78 is 12.9. The maximum atomic E-state index is 6.52. The molecule has 46 heavy (non-hydrogen) atoms. The Morgan fingerprint density at radius 2 is 0.870 bits per heavy atom. The molecule has 0 aromatic heterocycles. The molecule has 1 spiro atoms. The Labute approximate surface area is 267 Å². The molecule has 0 unspecified atom stereocenters. The fourth-order valence-corrected chi connectivity index (χ4v) is 8.83. The molecule has 0 fully saturated rings. The molecule has 0 N–H and O–H groups in total. The number of rotatable bonds is 1. The summed E-state index contributed by atoms with van der Waals surface area (Å²) in [5.74, 6) is 3.55. The van der Waals surface area contributed by atoms with Gasteiger partial charge in [-0.15, -0.1) is 0 Å². The van der Waals surface area contributed by atoms with Crippen LogP contribution in [-0.4, -0.2) is 6.71 Å². The molecule has 0 amide bonds. The minimum atomic E-state index is -0.361. The molecular weight excluding hydrogens is 559 g/mol. The second-order valence-corrected chi connectivity index (χ2v) is 12.7. The molecule has 3 heteroatoms. The fraction of sp³-hybridized carbons (Fsp3) is 0.0233. The maximum Gasteiger partial charge on any atom is 0.260 e. The molecule has 0 radical (unpaired) electrons. The van der Waals surface area contributed by atoms with Gasteiger partial charge in [-0.2, -0.15) is 0 Å². The first-order valence-corrected chi connectivity index (χ1v) is 16.0. The van der Waals surface area contributed by atoms with Gasteiger partial charge in [0.1, 0.15) is 23.0 Å². The molecule has 2 aliphatic carbocycles. The molecule has 0 bridgehead atoms. The third-order valence-electron chi connectivity index (χ3n) is 10.6. The van der Waals surface area contributed by atoms with E-state index in [1.165, 1.54) is 66.6 Å². The molecule has 4 aliphatic rings. The van der Waals surface area contributed by atoms with Crippen LogP contribution in [0, 0.1) is 0 Å². The second kappa shape index (κ2) is 8.68. The number of hydrogen-bond donors (Lipinski definition) is 0. The van der Waals surface area contributed by atoms with Crippen LogP contribution < -0.4 is 25.9 Å². The highest BCUT2D eigenvalue weighted by Crippen LogP contribution is 2.63. The Hall–Kier alpha value is -5.80. The van der Waals surface area contributed by atoms with Crippen molar-refractivity contribution >= 4 is 23.1 Å². The molecule has 7 aromatic carbocycles. The van der Waals surface area contributed by atoms with Crippen molar-refractivity contribution in [1.29, 1.82) is 0 Å². The summed E-state index contributed by atoms with van der Waals surface area (Å²) in [6.07, 6.45) is 0. The number of ether oxygens (including phenoxy) is 2. The van der Waals surface area contributed by atoms with Gasteiger partial charge < -0.3 is 9.47 Å². The van der Waals surface area contributed by atoms with Crippen LogP contribution in [0.2, 0.25) is 0 Å². The van der Waals surface area contributed by atoms with E-state index in [9.17, 15) is 0 Å². The molecule has 0 saturated carbocycles. The van der Waals surface area contributed by atoms with Gasteiger partial charge in [0.05, 0.1) is 5.41 Å². The Morgan fingerprint density at radius 1 is 0.370 bits per heavy atom. The zero-order chi connectivity index (χ0) is 30.0. The van der Waals surface area contributed by atoms with Crippen molar-refractivity contribution in [2.45, 2.75) is 5.41 Å². The van der Waals surface area contributed by atoms with Gasteiger partial charge in [-0.25, -0.2) is 0 Å². The van der Waals surface area contributed by atoms with Crippen molar-refractivity contribution in [1.82, 2.24) is 0 Å². The van der Waals surface area contributed by atoms with Crippen molar-refractivity contribution in [3.8, 4) is 56.4 Å². The monoisotopic (exact) mass is 584 g/mol. The summed E-state index contributed by atoms with van der Waals surface area (Å²) in [5, 5.41) is 0. The standard InChI is InChI=1S/C43H25BO2/c1-4-13-32-28(10-1)29-11-2-5-14-33(29)43(32)34-15-6-3-12-30(34)31-22-20-26(24-35(31)43)27-21-23-39-37(25-27)44-36-16-7-8-17-38(36)45-40-18-9-19-41(46-39)42(40)44/h1-25H. The predicted octanol–water partition coefficient (Wildman–Crippen LogP) is 8.42. The van der Waals surface area contributed by atoms with Gasteiger partial charge in [-0.3, -0.25) is 0 Å². The lowest BCUT2D eigenvalue weighted by molar-refractivity contribution is 0.464. The van der Waals surface area contributed by atoms with Crippen molar-refractivity contribution in [3.05, 3.63) is 174 Å². The third kappa shape index (κ3) is 2.94. The predicted molar refractivity (Wildman–Crippen MR) is 186 cm³/mol. The van der Waals surface area contributed by atoms with Gasteiger partial charge >= 0.3 is 0 Å². The first-order valence-electron chi connectivity index (χ1n) is 16.0. The minimum Gasteiger partial charge on any atom is -0.458 e. The first-order chi connectivity index (χ1) is 22.8. The van der Waals surface area contributed by atoms with Crippen molar-refractivity contribution in [2.75, 3.05) is 0 Å². The highest BCUT2D eigenvalue weighted by molar-refractivity contribution is 6.98. The minimum absolute atomic E-state index is 0.0402. The molecule has 2 aliphatic heterocycles. The summed E-state index contributed by atoms with van der Waals surface area (Å²) in [7, 11) is 0. The average Bonchev–Trinajstić information content (AvgIpc) is 3.58. The zero-order valence-electron chi connectivity index (χ0n) is 24.8. The van der Waals surface area contributed by atoms with E-state index in [0.29, 0.717) is 0 Å². The van der Waals surface area contributed by atoms with Crippen molar-refractivity contribution < 1.29 is 9.47 Å². The fourth-order valence-electron chi connectivity index (χ4n) is 8.83. The molecule has 0 saturated heterocycles. The van der Waals surface area contributed by atoms with E-state index in [4.69, 9.17) is 9.47 Å². The first kappa shape index (κ1) is 24.5. The van der Waals surface area contributed by atoms with Gasteiger partial charge in [0.2, 0.25) is 0 Å². The van der Waals surface area contributed by atoms with Crippen LogP contribution in [0.25, 0.3) is 33.4 Å². The molecule has 0 atom stereocenters. The average molecular weight is 584 g/mol. The maximum absolute atomic E-state index is 6.52. The summed E-state index contributed by atoms with van der Waals surface area (Å²) in [5.41, 5.74) is 16.2. The third-order valence-corrected chi connectivity index (χ3v) is 10.6. The normalized spacial score (nSPS) is 14.6. The van der Waals surface area contributed by atoms with Crippen LogP contribution in [0.5, 0.6) is 23.0 Å². The highest BCUT2D eigenvalue weighted by atomic mass is 16.5. The van der Waals surface area contributed by atoms with E-state index in [0.717, 1.165) is 28.5 Å². The van der Waals surface area contributed by atoms with E-state index >= 15 is 0 Å². The quantitative estimate of drug-likeness (QED) is 0.180. The van der Waals surface area contributed by atoms with Crippen LogP contribution in [-0.2, 0) is 5.41 Å². The largest absolute Gasteiger partial charge is 0.458 e. The molecule has 2 nitrogen and oxygen atoms in total. The molecule has 11 rings (SSSR count). The smallest absolute Gasteiger partial charge is 0.260 e. The van der Waals surface area contributed by atoms with Crippen LogP contribution in [0.3, 0.4) is 0 Å². The molecule has 7 aromatic rings. The van der Waals surface area contributed by atoms with E-state index in [1.807, 2.05) is 12.1 Å². The Morgan fingerprint density at radius 3 is 1.54 bits per heavy atom. The lowest BCUT2D eigenvalue weighted by Crippen LogP contribution is -2.57. The summed E-state index contributed by atoms with van der Waals surface area (Å²) in [6, 6.07) is 55.3. The van der Waals surface area contributed by atoms with Crippen LogP contribution >= 0.6 is 0 Å². The van der Waals surface area contributed by atoms with Gasteiger partial charge in [0.25, 0.3) is 6.71 Å². The van der Waals surface area contributed by atoms with Gasteiger partial charge in [-0.1, -0.05) is 121 Å². The lowest BCUT2D eigenvalue weighted by Gasteiger charge is -2.33. The van der Waals surface area contributed by atoms with Crippen LogP contribution in [0.4, 0.5) is 0 Å². The Bertz CT molecular complexity index is 2380. The number of fused-ring (bicyclic) bond motifs is 14. The van der Waals surface area contributed by atoms with E-state index in [1.54, 1.807) is 0 Å². The number of hydrogen-bond acceptors (Lipinski definition) is 2. The summed E-state index contributed by atoms with van der Waals surface area (Å²) >= 11 is 0. The molecular formula is C43H25BO2. The SMILES string of the molecule is c1ccc2c(c1)Oc1cccc3c1B2c1cc(-c2ccc4c(c2)C2(c5ccccc5-c5ccccc52)c2ccccc2-4)ccc1O3. The van der Waals surface area contributed by atoms with E-state index in [-0.39, 0.29) is 12.1 Å². The topological polar surface area (TPSA) is 18.5 Å². The van der Waals surface area contributed by atoms with Crippen LogP contribution in [0.1, 0.15) is 22.3 Å². The van der Waals surface area contributed by atoms with E-state index in [2.05, 4.69) is 140 Å².